The standard InChI is InChI=1S/C30H21F5N2O3S/c31-21-6-5-18(40-27-22(32)12-23-19(26(27)33)8-9-36-23)11-20(21)28-37-24(13-41-28)29(14-30(34,35)15-29)17-3-1-2-16(10-17)4-7-25(38)39/h1-3,5-6,8-13,36H,4,7,14-15H2,(H,38,39). The molecule has 5 aromatic rings. The van der Waals surface area contributed by atoms with Crippen LogP contribution in [-0.2, 0) is 16.6 Å². The van der Waals surface area contributed by atoms with Gasteiger partial charge in [-0.05, 0) is 41.8 Å². The van der Waals surface area contributed by atoms with Crippen LogP contribution in [0.1, 0.15) is 36.1 Å². The maximum absolute atomic E-state index is 15.0. The second-order valence-electron chi connectivity index (χ2n) is 10.1. The first-order valence-corrected chi connectivity index (χ1v) is 13.5. The first-order valence-electron chi connectivity index (χ1n) is 12.6. The number of H-pyrrole nitrogens is 1. The number of fused-ring (bicyclic) bond motifs is 1. The zero-order chi connectivity index (χ0) is 28.9. The van der Waals surface area contributed by atoms with Crippen LogP contribution in [0, 0.1) is 17.5 Å². The van der Waals surface area contributed by atoms with Gasteiger partial charge in [0, 0.05) is 53.3 Å². The summed E-state index contributed by atoms with van der Waals surface area (Å²) >= 11 is 1.05. The minimum atomic E-state index is -2.92. The fourth-order valence-electron chi connectivity index (χ4n) is 5.31. The molecule has 41 heavy (non-hydrogen) atoms. The maximum Gasteiger partial charge on any atom is 0.303 e. The number of carboxylic acids is 1. The summed E-state index contributed by atoms with van der Waals surface area (Å²) in [5.41, 5.74) is 0.707. The Balaban J connectivity index is 1.34. The summed E-state index contributed by atoms with van der Waals surface area (Å²) in [7, 11) is 0. The summed E-state index contributed by atoms with van der Waals surface area (Å²) in [5, 5.41) is 10.9. The molecule has 1 fully saturated rings. The molecule has 6 rings (SSSR count). The van der Waals surface area contributed by atoms with Crippen molar-refractivity contribution in [2.24, 2.45) is 0 Å². The summed E-state index contributed by atoms with van der Waals surface area (Å²) in [5.74, 6) is -7.11. The van der Waals surface area contributed by atoms with E-state index in [1.807, 2.05) is 0 Å². The van der Waals surface area contributed by atoms with Crippen molar-refractivity contribution in [3.63, 3.8) is 0 Å². The summed E-state index contributed by atoms with van der Waals surface area (Å²) < 4.78 is 78.6. The zero-order valence-electron chi connectivity index (χ0n) is 21.2. The molecule has 5 nitrogen and oxygen atoms in total. The van der Waals surface area contributed by atoms with E-state index in [0.717, 1.165) is 23.5 Å². The van der Waals surface area contributed by atoms with E-state index in [2.05, 4.69) is 9.97 Å². The number of alkyl halides is 2. The summed E-state index contributed by atoms with van der Waals surface area (Å²) in [6, 6.07) is 13.0. The minimum Gasteiger partial charge on any atom is -0.481 e. The molecule has 0 atom stereocenters. The van der Waals surface area contributed by atoms with Crippen LogP contribution in [-0.4, -0.2) is 27.0 Å². The largest absolute Gasteiger partial charge is 0.481 e. The maximum atomic E-state index is 15.0. The molecule has 0 bridgehead atoms. The number of carbonyl (C=O) groups is 1. The number of nitrogens with one attached hydrogen (secondary N) is 1. The van der Waals surface area contributed by atoms with Gasteiger partial charge in [-0.15, -0.1) is 11.3 Å². The summed E-state index contributed by atoms with van der Waals surface area (Å²) in [6.07, 6.45) is 0.602. The van der Waals surface area contributed by atoms with Crippen molar-refractivity contribution in [3.8, 4) is 22.1 Å². The van der Waals surface area contributed by atoms with Crippen molar-refractivity contribution < 1.29 is 36.6 Å². The third-order valence-corrected chi connectivity index (χ3v) is 8.19. The highest BCUT2D eigenvalue weighted by Gasteiger charge is 2.59. The lowest BCUT2D eigenvalue weighted by atomic mass is 9.60. The average molecular weight is 585 g/mol. The Hall–Kier alpha value is -4.25. The van der Waals surface area contributed by atoms with Crippen LogP contribution in [0.3, 0.4) is 0 Å². The van der Waals surface area contributed by atoms with Gasteiger partial charge in [-0.25, -0.2) is 26.9 Å². The fraction of sp³-hybridized carbons (Fsp3) is 0.200. The molecule has 0 amide bonds. The highest BCUT2D eigenvalue weighted by Crippen LogP contribution is 2.57. The number of nitrogens with zero attached hydrogens (tertiary/aromatic N) is 1. The van der Waals surface area contributed by atoms with Crippen LogP contribution in [0.5, 0.6) is 11.5 Å². The molecule has 11 heteroatoms. The molecule has 0 unspecified atom stereocenters. The number of aromatic amines is 1. The fourth-order valence-corrected chi connectivity index (χ4v) is 6.25. The lowest BCUT2D eigenvalue weighted by Gasteiger charge is -2.47. The van der Waals surface area contributed by atoms with Crippen LogP contribution in [0.4, 0.5) is 22.0 Å². The van der Waals surface area contributed by atoms with Gasteiger partial charge < -0.3 is 14.8 Å². The van der Waals surface area contributed by atoms with E-state index in [9.17, 15) is 26.7 Å². The molecule has 2 aromatic heterocycles. The number of hydrogen-bond acceptors (Lipinski definition) is 4. The molecule has 2 heterocycles. The number of thiazole rings is 1. The first kappa shape index (κ1) is 26.9. The Morgan fingerprint density at radius 1 is 1.05 bits per heavy atom. The van der Waals surface area contributed by atoms with Gasteiger partial charge >= 0.3 is 5.97 Å². The number of aliphatic carboxylic acids is 1. The Morgan fingerprint density at radius 2 is 1.85 bits per heavy atom. The molecule has 2 N–H and O–H groups in total. The predicted octanol–water partition coefficient (Wildman–Crippen LogP) is 8.23. The molecule has 0 aliphatic heterocycles. The number of benzene rings is 3. The lowest BCUT2D eigenvalue weighted by molar-refractivity contribution is -0.136. The molecule has 1 saturated carbocycles. The van der Waals surface area contributed by atoms with Crippen molar-refractivity contribution in [3.05, 3.63) is 100 Å². The third kappa shape index (κ3) is 4.94. The van der Waals surface area contributed by atoms with Crippen LogP contribution < -0.4 is 4.74 Å². The molecule has 0 radical (unpaired) electrons. The first-order chi connectivity index (χ1) is 19.5. The molecule has 0 spiro atoms. The van der Waals surface area contributed by atoms with Gasteiger partial charge in [0.1, 0.15) is 16.6 Å². The smallest absolute Gasteiger partial charge is 0.303 e. The highest BCUT2D eigenvalue weighted by molar-refractivity contribution is 7.13. The molecule has 0 saturated heterocycles. The normalized spacial score (nSPS) is 15.5. The van der Waals surface area contributed by atoms with Gasteiger partial charge in [0.05, 0.1) is 11.2 Å². The quantitative estimate of drug-likeness (QED) is 0.180. The van der Waals surface area contributed by atoms with E-state index in [0.29, 0.717) is 16.8 Å². The number of ether oxygens (including phenoxy) is 1. The van der Waals surface area contributed by atoms with Crippen molar-refractivity contribution in [1.29, 1.82) is 0 Å². The number of aromatic nitrogens is 2. The number of halogens is 5. The molecular weight excluding hydrogens is 563 g/mol. The third-order valence-electron chi connectivity index (χ3n) is 7.31. The average Bonchev–Trinajstić information content (AvgIpc) is 3.60. The summed E-state index contributed by atoms with van der Waals surface area (Å²) in [4.78, 5) is 18.3. The van der Waals surface area contributed by atoms with Crippen LogP contribution in [0.25, 0.3) is 21.5 Å². The SMILES string of the molecule is O=C(O)CCc1cccc(C2(c3csc(-c4cc(Oc5c(F)cc6[nH]ccc6c5F)ccc4F)n3)CC(F)(F)C2)c1. The van der Waals surface area contributed by atoms with Crippen LogP contribution in [0.2, 0.25) is 0 Å². The van der Waals surface area contributed by atoms with Crippen molar-refractivity contribution in [1.82, 2.24) is 9.97 Å². The second-order valence-corrected chi connectivity index (χ2v) is 11.0. The van der Waals surface area contributed by atoms with Gasteiger partial charge in [-0.2, -0.15) is 0 Å². The number of hydrogen-bond donors (Lipinski definition) is 2. The molecular formula is C30H21F5N2O3S. The Bertz CT molecular complexity index is 1790. The second kappa shape index (κ2) is 9.99. The van der Waals surface area contributed by atoms with Crippen LogP contribution >= 0.6 is 11.3 Å². The van der Waals surface area contributed by atoms with Crippen molar-refractivity contribution in [2.75, 3.05) is 0 Å². The van der Waals surface area contributed by atoms with Gasteiger partial charge in [-0.3, -0.25) is 4.79 Å². The number of carboxylic acid groups (broad SMARTS) is 1. The topological polar surface area (TPSA) is 75.2 Å². The monoisotopic (exact) mass is 584 g/mol. The Kier molecular flexibility index (Phi) is 6.56. The van der Waals surface area contributed by atoms with E-state index in [-0.39, 0.29) is 40.1 Å². The van der Waals surface area contributed by atoms with Gasteiger partial charge in [-0.1, -0.05) is 24.3 Å². The highest BCUT2D eigenvalue weighted by atomic mass is 32.1. The van der Waals surface area contributed by atoms with E-state index in [1.165, 1.54) is 24.4 Å². The van der Waals surface area contributed by atoms with E-state index >= 15 is 0 Å². The van der Waals surface area contributed by atoms with E-state index in [1.54, 1.807) is 29.6 Å². The van der Waals surface area contributed by atoms with Crippen molar-refractivity contribution in [2.45, 2.75) is 37.0 Å². The van der Waals surface area contributed by atoms with E-state index in [4.69, 9.17) is 9.84 Å². The van der Waals surface area contributed by atoms with Crippen LogP contribution in [0.15, 0.2) is 66.2 Å². The molecule has 3 aromatic carbocycles. The van der Waals surface area contributed by atoms with Gasteiger partial charge in [0.2, 0.25) is 0 Å². The Labute approximate surface area is 234 Å². The molecule has 1 aliphatic carbocycles. The lowest BCUT2D eigenvalue weighted by Crippen LogP contribution is -2.50. The van der Waals surface area contributed by atoms with Crippen molar-refractivity contribution >= 4 is 28.2 Å². The minimum absolute atomic E-state index is 0.0151. The number of rotatable bonds is 8. The zero-order valence-corrected chi connectivity index (χ0v) is 22.0. The predicted molar refractivity (Wildman–Crippen MR) is 143 cm³/mol. The molecule has 1 aliphatic rings. The summed E-state index contributed by atoms with van der Waals surface area (Å²) in [6.45, 7) is 0. The number of aryl methyl sites for hydroxylation is 1. The molecule has 210 valence electrons. The van der Waals surface area contributed by atoms with Gasteiger partial charge in [0.15, 0.2) is 17.4 Å². The Morgan fingerprint density at radius 3 is 2.61 bits per heavy atom. The van der Waals surface area contributed by atoms with E-state index < -0.39 is 53.3 Å². The van der Waals surface area contributed by atoms with Gasteiger partial charge in [0.25, 0.3) is 5.92 Å².